The van der Waals surface area contributed by atoms with E-state index in [0.29, 0.717) is 5.56 Å². The van der Waals surface area contributed by atoms with Crippen LogP contribution in [0.4, 0.5) is 8.78 Å². The summed E-state index contributed by atoms with van der Waals surface area (Å²) in [6, 6.07) is 8.61. The van der Waals surface area contributed by atoms with Gasteiger partial charge in [-0.05, 0) is 25.5 Å². The molecule has 0 saturated carbocycles. The molecule has 0 spiro atoms. The van der Waals surface area contributed by atoms with Crippen molar-refractivity contribution < 1.29 is 27.5 Å². The van der Waals surface area contributed by atoms with Crippen molar-refractivity contribution in [2.75, 3.05) is 13.2 Å². The van der Waals surface area contributed by atoms with E-state index in [0.717, 1.165) is 6.08 Å². The van der Waals surface area contributed by atoms with Crippen molar-refractivity contribution in [2.45, 2.75) is 25.6 Å². The number of halogens is 2. The predicted octanol–water partition coefficient (Wildman–Crippen LogP) is 3.92. The van der Waals surface area contributed by atoms with Crippen LogP contribution in [0.25, 0.3) is 6.08 Å². The van der Waals surface area contributed by atoms with Crippen molar-refractivity contribution in [1.82, 2.24) is 0 Å². The first-order chi connectivity index (χ1) is 9.87. The molecule has 0 aliphatic carbocycles. The van der Waals surface area contributed by atoms with E-state index in [1.54, 1.807) is 30.3 Å². The van der Waals surface area contributed by atoms with Crippen LogP contribution < -0.4 is 0 Å². The highest BCUT2D eigenvalue weighted by atomic mass is 31.2. The third kappa shape index (κ3) is 4.45. The summed E-state index contributed by atoms with van der Waals surface area (Å²) in [6.45, 7) is 2.44. The van der Waals surface area contributed by atoms with Crippen LogP contribution in [-0.4, -0.2) is 30.1 Å². The van der Waals surface area contributed by atoms with E-state index in [1.165, 1.54) is 19.9 Å². The maximum atomic E-state index is 14.1. The fourth-order valence-corrected chi connectivity index (χ4v) is 3.10. The molecule has 1 N–H and O–H groups in total. The molecule has 1 atom stereocenters. The van der Waals surface area contributed by atoms with Gasteiger partial charge in [0.05, 0.1) is 13.2 Å². The Balaban J connectivity index is 2.93. The van der Waals surface area contributed by atoms with Gasteiger partial charge in [0.2, 0.25) is 0 Å². The van der Waals surface area contributed by atoms with Crippen LogP contribution in [0.1, 0.15) is 19.4 Å². The van der Waals surface area contributed by atoms with E-state index in [4.69, 9.17) is 0 Å². The van der Waals surface area contributed by atoms with Gasteiger partial charge >= 0.3 is 13.3 Å². The lowest BCUT2D eigenvalue weighted by molar-refractivity contribution is -0.0432. The predicted molar refractivity (Wildman–Crippen MR) is 77.3 cm³/mol. The Labute approximate surface area is 122 Å². The maximum Gasteiger partial charge on any atom is 0.402 e. The van der Waals surface area contributed by atoms with E-state index in [1.807, 2.05) is 0 Å². The number of aliphatic hydroxyl groups is 1. The lowest BCUT2D eigenvalue weighted by atomic mass is 10.2. The number of aliphatic hydroxyl groups excluding tert-OH is 1. The van der Waals surface area contributed by atoms with Gasteiger partial charge in [-0.3, -0.25) is 4.57 Å². The Bertz CT molecular complexity index is 495. The smallest absolute Gasteiger partial charge is 0.382 e. The molecule has 0 aliphatic heterocycles. The van der Waals surface area contributed by atoms with Crippen LogP contribution in [0.2, 0.25) is 0 Å². The minimum atomic E-state index is -4.73. The maximum absolute atomic E-state index is 14.1. The first kappa shape index (κ1) is 18.0. The topological polar surface area (TPSA) is 55.8 Å². The summed E-state index contributed by atoms with van der Waals surface area (Å²) in [5, 5.41) is 9.66. The molecule has 1 aromatic carbocycles. The summed E-state index contributed by atoms with van der Waals surface area (Å²) in [6.07, 6.45) is -0.0810. The van der Waals surface area contributed by atoms with Crippen molar-refractivity contribution in [2.24, 2.45) is 0 Å². The summed E-state index contributed by atoms with van der Waals surface area (Å²) in [5.41, 5.74) is -3.39. The lowest BCUT2D eigenvalue weighted by Gasteiger charge is -2.27. The molecule has 4 nitrogen and oxygen atoms in total. The molecule has 0 amide bonds. The molecule has 0 unspecified atom stereocenters. The van der Waals surface area contributed by atoms with Crippen LogP contribution in [0.5, 0.6) is 0 Å². The Kier molecular flexibility index (Phi) is 6.68. The van der Waals surface area contributed by atoms with Gasteiger partial charge in [-0.1, -0.05) is 36.4 Å². The van der Waals surface area contributed by atoms with E-state index in [2.05, 4.69) is 9.05 Å². The lowest BCUT2D eigenvalue weighted by Crippen LogP contribution is -2.33. The summed E-state index contributed by atoms with van der Waals surface area (Å²) in [5.74, 6) is 0. The Morgan fingerprint density at radius 2 is 1.76 bits per heavy atom. The zero-order valence-electron chi connectivity index (χ0n) is 11.9. The Hall–Kier alpha value is -1.07. The molecule has 21 heavy (non-hydrogen) atoms. The normalized spacial score (nSPS) is 14.5. The van der Waals surface area contributed by atoms with E-state index in [-0.39, 0.29) is 13.2 Å². The second kappa shape index (κ2) is 7.80. The molecule has 0 bridgehead atoms. The van der Waals surface area contributed by atoms with Crippen LogP contribution in [-0.2, 0) is 13.6 Å². The first-order valence-corrected chi connectivity index (χ1v) is 8.10. The molecule has 0 fully saturated rings. The van der Waals surface area contributed by atoms with Gasteiger partial charge in [-0.2, -0.15) is 8.78 Å². The second-order valence-corrected chi connectivity index (χ2v) is 6.24. The number of alkyl halides is 2. The van der Waals surface area contributed by atoms with Crippen LogP contribution in [0.15, 0.2) is 36.4 Å². The highest BCUT2D eigenvalue weighted by molar-refractivity contribution is 7.55. The summed E-state index contributed by atoms with van der Waals surface area (Å²) in [4.78, 5) is 0. The van der Waals surface area contributed by atoms with E-state index >= 15 is 0 Å². The van der Waals surface area contributed by atoms with Crippen molar-refractivity contribution in [3.8, 4) is 0 Å². The average molecular weight is 320 g/mol. The third-order valence-electron chi connectivity index (χ3n) is 2.59. The molecule has 0 saturated heterocycles. The van der Waals surface area contributed by atoms with Crippen LogP contribution >= 0.6 is 7.60 Å². The molecule has 7 heteroatoms. The third-order valence-corrected chi connectivity index (χ3v) is 4.78. The Morgan fingerprint density at radius 1 is 1.24 bits per heavy atom. The van der Waals surface area contributed by atoms with Crippen molar-refractivity contribution in [3.63, 3.8) is 0 Å². The van der Waals surface area contributed by atoms with E-state index in [9.17, 15) is 18.5 Å². The van der Waals surface area contributed by atoms with Gasteiger partial charge < -0.3 is 14.2 Å². The highest BCUT2D eigenvalue weighted by Crippen LogP contribution is 2.63. The molecule has 0 heterocycles. The quantitative estimate of drug-likeness (QED) is 0.738. The molecule has 1 aromatic rings. The van der Waals surface area contributed by atoms with Crippen molar-refractivity contribution in [3.05, 3.63) is 42.0 Å². The average Bonchev–Trinajstić information content (AvgIpc) is 2.46. The molecule has 118 valence electrons. The SMILES string of the molecule is CCOP(=O)(OCC)C(F)(F)[C@@H](O)/C=C/c1ccccc1. The van der Waals surface area contributed by atoms with Gasteiger partial charge in [-0.15, -0.1) is 0 Å². The zero-order valence-corrected chi connectivity index (χ0v) is 12.8. The largest absolute Gasteiger partial charge is 0.402 e. The minimum absolute atomic E-state index is 0.206. The van der Waals surface area contributed by atoms with E-state index < -0.39 is 19.4 Å². The summed E-state index contributed by atoms with van der Waals surface area (Å²) >= 11 is 0. The number of rotatable bonds is 8. The second-order valence-electron chi connectivity index (χ2n) is 4.14. The first-order valence-electron chi connectivity index (χ1n) is 6.55. The Morgan fingerprint density at radius 3 is 2.24 bits per heavy atom. The molecule has 0 aromatic heterocycles. The summed E-state index contributed by atoms with van der Waals surface area (Å²) < 4.78 is 49.6. The fraction of sp³-hybridized carbons (Fsp3) is 0.429. The zero-order chi connectivity index (χ0) is 15.9. The molecule has 0 aliphatic rings. The number of hydrogen-bond acceptors (Lipinski definition) is 4. The van der Waals surface area contributed by atoms with Crippen molar-refractivity contribution in [1.29, 1.82) is 0 Å². The monoisotopic (exact) mass is 320 g/mol. The standard InChI is InChI=1S/C14H19F2O4P/c1-3-19-21(18,20-4-2)14(15,16)13(17)11-10-12-8-6-5-7-9-12/h5-11,13,17H,3-4H2,1-2H3/b11-10+/t13-/m0/s1. The van der Waals surface area contributed by atoms with Gasteiger partial charge in [-0.25, -0.2) is 0 Å². The molecule has 0 radical (unpaired) electrons. The minimum Gasteiger partial charge on any atom is -0.382 e. The van der Waals surface area contributed by atoms with Crippen LogP contribution in [0, 0.1) is 0 Å². The highest BCUT2D eigenvalue weighted by Gasteiger charge is 2.57. The molecular formula is C14H19F2O4P. The van der Waals surface area contributed by atoms with Gasteiger partial charge in [0.15, 0.2) is 0 Å². The number of benzene rings is 1. The van der Waals surface area contributed by atoms with Gasteiger partial charge in [0.1, 0.15) is 6.10 Å². The fourth-order valence-electron chi connectivity index (χ4n) is 1.59. The van der Waals surface area contributed by atoms with Crippen molar-refractivity contribution >= 4 is 13.7 Å². The van der Waals surface area contributed by atoms with Crippen LogP contribution in [0.3, 0.4) is 0 Å². The summed E-state index contributed by atoms with van der Waals surface area (Å²) in [7, 11) is -4.73. The number of hydrogen-bond donors (Lipinski definition) is 1. The van der Waals surface area contributed by atoms with Gasteiger partial charge in [0, 0.05) is 0 Å². The molecular weight excluding hydrogens is 301 g/mol. The molecule has 1 rings (SSSR count). The van der Waals surface area contributed by atoms with Gasteiger partial charge in [0.25, 0.3) is 0 Å².